The number of benzene rings is 2. The molecule has 0 saturated heterocycles. The van der Waals surface area contributed by atoms with E-state index in [1.54, 1.807) is 12.1 Å². The van der Waals surface area contributed by atoms with Gasteiger partial charge in [-0.05, 0) is 11.6 Å². The molecule has 8 heteroatoms. The maximum atomic E-state index is 11.9. The molecule has 2 rings (SSSR count). The molecule has 0 saturated carbocycles. The highest BCUT2D eigenvalue weighted by Gasteiger charge is 2.09. The first-order valence-electron chi connectivity index (χ1n) is 7.27. The molecule has 0 aliphatic carbocycles. The summed E-state index contributed by atoms with van der Waals surface area (Å²) in [4.78, 5) is 22.2. The third-order valence-corrected chi connectivity index (χ3v) is 4.96. The van der Waals surface area contributed by atoms with Crippen molar-refractivity contribution in [2.24, 2.45) is 0 Å². The van der Waals surface area contributed by atoms with Gasteiger partial charge in [0, 0.05) is 27.9 Å². The molecule has 0 unspecified atom stereocenters. The molecule has 25 heavy (non-hydrogen) atoms. The van der Waals surface area contributed by atoms with Crippen LogP contribution >= 0.6 is 27.7 Å². The molecule has 0 atom stereocenters. The van der Waals surface area contributed by atoms with Crippen LogP contribution in [-0.2, 0) is 10.5 Å². The van der Waals surface area contributed by atoms with Crippen molar-refractivity contribution in [1.29, 1.82) is 0 Å². The van der Waals surface area contributed by atoms with E-state index in [4.69, 9.17) is 0 Å². The van der Waals surface area contributed by atoms with E-state index in [2.05, 4.69) is 33.4 Å². The minimum absolute atomic E-state index is 0.0317. The van der Waals surface area contributed by atoms with Gasteiger partial charge in [0.2, 0.25) is 5.91 Å². The lowest BCUT2D eigenvalue weighted by atomic mass is 10.1. The minimum Gasteiger partial charge on any atom is -0.299 e. The molecular formula is C17H16BrN3O3S. The summed E-state index contributed by atoms with van der Waals surface area (Å²) >= 11 is 4.95. The number of thioether (sulfide) groups is 1. The fourth-order valence-corrected chi connectivity index (χ4v) is 3.37. The Bertz CT molecular complexity index is 798. The monoisotopic (exact) mass is 421 g/mol. The molecule has 0 fully saturated rings. The van der Waals surface area contributed by atoms with E-state index in [-0.39, 0.29) is 17.3 Å². The Hall–Kier alpha value is -2.32. The van der Waals surface area contributed by atoms with Crippen molar-refractivity contribution >= 4 is 45.0 Å². The van der Waals surface area contributed by atoms with Gasteiger partial charge in [-0.25, -0.2) is 0 Å². The first-order valence-corrected chi connectivity index (χ1v) is 9.22. The molecule has 1 amide bonds. The summed E-state index contributed by atoms with van der Waals surface area (Å²) in [7, 11) is 0. The molecule has 0 aliphatic rings. The molecule has 2 aromatic carbocycles. The molecule has 0 heterocycles. The number of amides is 1. The highest BCUT2D eigenvalue weighted by molar-refractivity contribution is 9.10. The Labute approximate surface area is 157 Å². The second kappa shape index (κ2) is 9.24. The fourth-order valence-electron chi connectivity index (χ4n) is 1.93. The zero-order valence-electron chi connectivity index (χ0n) is 13.2. The fraction of sp³-hybridized carbons (Fsp3) is 0.118. The van der Waals surface area contributed by atoms with Crippen LogP contribution in [0.3, 0.4) is 0 Å². The Balaban J connectivity index is 1.78. The first-order chi connectivity index (χ1) is 12.0. The van der Waals surface area contributed by atoms with Gasteiger partial charge >= 0.3 is 0 Å². The van der Waals surface area contributed by atoms with Crippen LogP contribution < -0.4 is 10.9 Å². The maximum Gasteiger partial charge on any atom is 0.270 e. The lowest BCUT2D eigenvalue weighted by Gasteiger charge is -2.11. The maximum absolute atomic E-state index is 11.9. The number of nitro groups is 1. The molecule has 0 spiro atoms. The van der Waals surface area contributed by atoms with Gasteiger partial charge in [0.1, 0.15) is 0 Å². The molecule has 6 nitrogen and oxygen atoms in total. The topological polar surface area (TPSA) is 84.3 Å². The van der Waals surface area contributed by atoms with Crippen LogP contribution in [-0.4, -0.2) is 16.6 Å². The number of carbonyl (C=O) groups excluding carboxylic acids is 1. The van der Waals surface area contributed by atoms with Crippen molar-refractivity contribution in [3.05, 3.63) is 80.8 Å². The summed E-state index contributed by atoms with van der Waals surface area (Å²) in [6, 6.07) is 13.9. The van der Waals surface area contributed by atoms with Crippen LogP contribution in [0.4, 0.5) is 5.69 Å². The number of hydrogen-bond donors (Lipinski definition) is 2. The van der Waals surface area contributed by atoms with Gasteiger partial charge in [-0.15, -0.1) is 11.8 Å². The van der Waals surface area contributed by atoms with Crippen LogP contribution in [0.25, 0.3) is 5.70 Å². The van der Waals surface area contributed by atoms with E-state index in [1.165, 1.54) is 23.9 Å². The van der Waals surface area contributed by atoms with E-state index in [9.17, 15) is 14.9 Å². The van der Waals surface area contributed by atoms with Gasteiger partial charge in [0.25, 0.3) is 5.69 Å². The van der Waals surface area contributed by atoms with Gasteiger partial charge < -0.3 is 0 Å². The molecular weight excluding hydrogens is 406 g/mol. The molecule has 0 bridgehead atoms. The van der Waals surface area contributed by atoms with Crippen molar-refractivity contribution in [2.45, 2.75) is 5.75 Å². The number of rotatable bonds is 8. The van der Waals surface area contributed by atoms with Gasteiger partial charge in [-0.3, -0.25) is 25.8 Å². The first kappa shape index (κ1) is 19.0. The summed E-state index contributed by atoms with van der Waals surface area (Å²) in [6.45, 7) is 3.78. The minimum atomic E-state index is -0.478. The summed E-state index contributed by atoms with van der Waals surface area (Å²) in [5.41, 5.74) is 7.23. The number of non-ortho nitro benzene ring substituents is 1. The normalized spacial score (nSPS) is 10.1. The summed E-state index contributed by atoms with van der Waals surface area (Å²) in [5, 5.41) is 10.8. The van der Waals surface area contributed by atoms with Crippen molar-refractivity contribution in [3.63, 3.8) is 0 Å². The van der Waals surface area contributed by atoms with Crippen molar-refractivity contribution in [2.75, 3.05) is 5.75 Å². The number of nitrogens with zero attached hydrogens (tertiary/aromatic N) is 1. The van der Waals surface area contributed by atoms with Crippen LogP contribution in [0.5, 0.6) is 0 Å². The summed E-state index contributed by atoms with van der Waals surface area (Å²) in [5.74, 6) is 0.778. The number of hydrazine groups is 1. The van der Waals surface area contributed by atoms with Crippen LogP contribution in [0.15, 0.2) is 59.6 Å². The average Bonchev–Trinajstić information content (AvgIpc) is 2.61. The predicted molar refractivity (Wildman–Crippen MR) is 104 cm³/mol. The number of nitrogens with one attached hydrogen (secondary N) is 2. The predicted octanol–water partition coefficient (Wildman–Crippen LogP) is 3.88. The zero-order valence-corrected chi connectivity index (χ0v) is 15.6. The van der Waals surface area contributed by atoms with Gasteiger partial charge in [-0.1, -0.05) is 52.8 Å². The lowest BCUT2D eigenvalue weighted by Crippen LogP contribution is -2.37. The van der Waals surface area contributed by atoms with Gasteiger partial charge in [0.05, 0.1) is 16.4 Å². The third-order valence-electron chi connectivity index (χ3n) is 3.21. The van der Waals surface area contributed by atoms with Crippen molar-refractivity contribution in [3.8, 4) is 0 Å². The van der Waals surface area contributed by atoms with E-state index in [0.717, 1.165) is 10.0 Å². The lowest BCUT2D eigenvalue weighted by molar-refractivity contribution is -0.384. The highest BCUT2D eigenvalue weighted by atomic mass is 79.9. The van der Waals surface area contributed by atoms with Crippen LogP contribution in [0.2, 0.25) is 0 Å². The second-order valence-electron chi connectivity index (χ2n) is 5.04. The number of hydrogen-bond acceptors (Lipinski definition) is 5. The van der Waals surface area contributed by atoms with E-state index < -0.39 is 4.92 Å². The van der Waals surface area contributed by atoms with E-state index >= 15 is 0 Å². The average molecular weight is 422 g/mol. The second-order valence-corrected chi connectivity index (χ2v) is 6.88. The molecule has 2 aromatic rings. The number of halogens is 1. The Morgan fingerprint density at radius 2 is 1.96 bits per heavy atom. The summed E-state index contributed by atoms with van der Waals surface area (Å²) in [6.07, 6.45) is 0. The Morgan fingerprint density at radius 3 is 2.68 bits per heavy atom. The van der Waals surface area contributed by atoms with Crippen LogP contribution in [0, 0.1) is 10.1 Å². The quantitative estimate of drug-likeness (QED) is 0.498. The van der Waals surface area contributed by atoms with Gasteiger partial charge in [0.15, 0.2) is 0 Å². The van der Waals surface area contributed by atoms with Crippen molar-refractivity contribution < 1.29 is 9.72 Å². The summed E-state index contributed by atoms with van der Waals surface area (Å²) < 4.78 is 1.01. The SMILES string of the molecule is C=C(NNC(=O)CSCc1ccccc1Br)c1cccc([N+](=O)[O-])c1. The Morgan fingerprint density at radius 1 is 1.20 bits per heavy atom. The van der Waals surface area contributed by atoms with Crippen LogP contribution in [0.1, 0.15) is 11.1 Å². The molecule has 130 valence electrons. The molecule has 0 radical (unpaired) electrons. The standard InChI is InChI=1S/C17H16BrN3O3S/c1-12(13-6-4-7-15(9-13)21(23)24)19-20-17(22)11-25-10-14-5-2-3-8-16(14)18/h2-9,19H,1,10-11H2,(H,20,22). The van der Waals surface area contributed by atoms with Gasteiger partial charge in [-0.2, -0.15) is 0 Å². The molecule has 2 N–H and O–H groups in total. The largest absolute Gasteiger partial charge is 0.299 e. The third kappa shape index (κ3) is 5.91. The molecule has 0 aromatic heterocycles. The van der Waals surface area contributed by atoms with E-state index in [1.807, 2.05) is 24.3 Å². The number of nitro benzene ring substituents is 1. The smallest absolute Gasteiger partial charge is 0.270 e. The van der Waals surface area contributed by atoms with Crippen molar-refractivity contribution in [1.82, 2.24) is 10.9 Å². The Kier molecular flexibility index (Phi) is 7.03. The zero-order chi connectivity index (χ0) is 18.2. The van der Waals surface area contributed by atoms with E-state index in [0.29, 0.717) is 17.0 Å². The number of carbonyl (C=O) groups is 1. The molecule has 0 aliphatic heterocycles. The highest BCUT2D eigenvalue weighted by Crippen LogP contribution is 2.21.